The van der Waals surface area contributed by atoms with Crippen molar-refractivity contribution in [1.29, 1.82) is 0 Å². The Labute approximate surface area is 147 Å². The molecule has 0 aliphatic rings. The normalized spacial score (nSPS) is 10.4. The van der Waals surface area contributed by atoms with E-state index in [0.717, 1.165) is 0 Å². The summed E-state index contributed by atoms with van der Waals surface area (Å²) in [5, 5.41) is 2.94. The standard InChI is InChI=1S/C16H13ClFN5O2/c1-24-11-5-12(25-2)14(18)15(13(11)17)23-16-9(6-20-8-22-16)10-3-4-19-7-21-10/h3-8H,1-2H3,(H,20,22,23). The van der Waals surface area contributed by atoms with Crippen LogP contribution in [0.5, 0.6) is 11.5 Å². The molecule has 0 radical (unpaired) electrons. The van der Waals surface area contributed by atoms with E-state index in [0.29, 0.717) is 17.1 Å². The Hall–Kier alpha value is -3.00. The Morgan fingerprint density at radius 1 is 1.08 bits per heavy atom. The molecule has 1 N–H and O–H groups in total. The van der Waals surface area contributed by atoms with Gasteiger partial charge in [0.15, 0.2) is 11.6 Å². The van der Waals surface area contributed by atoms with E-state index < -0.39 is 5.82 Å². The van der Waals surface area contributed by atoms with Gasteiger partial charge in [-0.1, -0.05) is 11.6 Å². The van der Waals surface area contributed by atoms with Gasteiger partial charge in [-0.05, 0) is 6.07 Å². The summed E-state index contributed by atoms with van der Waals surface area (Å²) < 4.78 is 24.9. The average Bonchev–Trinajstić information content (AvgIpc) is 2.66. The van der Waals surface area contributed by atoms with Crippen LogP contribution in [-0.4, -0.2) is 34.2 Å². The van der Waals surface area contributed by atoms with Crippen molar-refractivity contribution in [3.05, 3.63) is 48.0 Å². The second-order valence-corrected chi connectivity index (χ2v) is 5.17. The third kappa shape index (κ3) is 3.29. The number of methoxy groups -OCH3 is 2. The number of ether oxygens (including phenoxy) is 2. The van der Waals surface area contributed by atoms with Gasteiger partial charge < -0.3 is 14.8 Å². The van der Waals surface area contributed by atoms with Crippen molar-refractivity contribution in [1.82, 2.24) is 19.9 Å². The summed E-state index contributed by atoms with van der Waals surface area (Å²) in [5.41, 5.74) is 1.11. The minimum Gasteiger partial charge on any atom is -0.495 e. The average molecular weight is 362 g/mol. The number of halogens is 2. The molecule has 0 aliphatic carbocycles. The number of hydrogen-bond donors (Lipinski definition) is 1. The number of benzene rings is 1. The van der Waals surface area contributed by atoms with E-state index in [1.54, 1.807) is 18.5 Å². The summed E-state index contributed by atoms with van der Waals surface area (Å²) in [6, 6.07) is 3.06. The van der Waals surface area contributed by atoms with Crippen molar-refractivity contribution in [2.24, 2.45) is 0 Å². The molecule has 0 saturated heterocycles. The summed E-state index contributed by atoms with van der Waals surface area (Å²) in [6.45, 7) is 0. The molecule has 2 heterocycles. The van der Waals surface area contributed by atoms with Crippen molar-refractivity contribution in [2.75, 3.05) is 19.5 Å². The maximum atomic E-state index is 14.7. The smallest absolute Gasteiger partial charge is 0.190 e. The van der Waals surface area contributed by atoms with E-state index in [1.807, 2.05) is 0 Å². The first-order chi connectivity index (χ1) is 12.2. The summed E-state index contributed by atoms with van der Waals surface area (Å²) in [6.07, 6.45) is 5.87. The number of nitrogens with one attached hydrogen (secondary N) is 1. The Bertz CT molecular complexity index is 867. The summed E-state index contributed by atoms with van der Waals surface area (Å²) in [7, 11) is 2.78. The number of rotatable bonds is 5. The molecule has 9 heteroatoms. The fourth-order valence-electron chi connectivity index (χ4n) is 2.18. The van der Waals surface area contributed by atoms with Crippen LogP contribution in [0.2, 0.25) is 5.02 Å². The molecule has 0 aliphatic heterocycles. The third-order valence-electron chi connectivity index (χ3n) is 3.39. The van der Waals surface area contributed by atoms with Gasteiger partial charge >= 0.3 is 0 Å². The van der Waals surface area contributed by atoms with Crippen LogP contribution in [0.1, 0.15) is 0 Å². The minimum atomic E-state index is -0.666. The lowest BCUT2D eigenvalue weighted by Gasteiger charge is -2.16. The van der Waals surface area contributed by atoms with E-state index in [-0.39, 0.29) is 22.2 Å². The van der Waals surface area contributed by atoms with Gasteiger partial charge in [-0.3, -0.25) is 0 Å². The number of anilines is 2. The molecule has 0 spiro atoms. The highest BCUT2D eigenvalue weighted by Gasteiger charge is 2.20. The van der Waals surface area contributed by atoms with Crippen molar-refractivity contribution >= 4 is 23.1 Å². The largest absolute Gasteiger partial charge is 0.495 e. The third-order valence-corrected chi connectivity index (χ3v) is 3.76. The maximum Gasteiger partial charge on any atom is 0.190 e. The first-order valence-corrected chi connectivity index (χ1v) is 7.47. The second-order valence-electron chi connectivity index (χ2n) is 4.79. The maximum absolute atomic E-state index is 14.7. The molecule has 128 valence electrons. The van der Waals surface area contributed by atoms with Crippen LogP contribution < -0.4 is 14.8 Å². The molecule has 0 atom stereocenters. The molecule has 0 unspecified atom stereocenters. The number of aromatic nitrogens is 4. The molecule has 2 aromatic heterocycles. The molecule has 25 heavy (non-hydrogen) atoms. The van der Waals surface area contributed by atoms with Crippen molar-refractivity contribution < 1.29 is 13.9 Å². The zero-order valence-electron chi connectivity index (χ0n) is 13.3. The Morgan fingerprint density at radius 3 is 2.52 bits per heavy atom. The lowest BCUT2D eigenvalue weighted by Crippen LogP contribution is -2.03. The van der Waals surface area contributed by atoms with Gasteiger partial charge in [0.05, 0.1) is 25.5 Å². The SMILES string of the molecule is COc1cc(OC)c(Cl)c(Nc2ncncc2-c2ccncn2)c1F. The van der Waals surface area contributed by atoms with Crippen LogP contribution in [0, 0.1) is 5.82 Å². The number of nitrogens with zero attached hydrogens (tertiary/aromatic N) is 4. The predicted octanol–water partition coefficient (Wildman–Crippen LogP) is 3.49. The first-order valence-electron chi connectivity index (χ1n) is 7.09. The van der Waals surface area contributed by atoms with Crippen LogP contribution in [0.15, 0.2) is 37.2 Å². The van der Waals surface area contributed by atoms with E-state index in [9.17, 15) is 4.39 Å². The Kier molecular flexibility index (Phi) is 4.90. The van der Waals surface area contributed by atoms with Gasteiger partial charge in [0.25, 0.3) is 0 Å². The summed E-state index contributed by atoms with van der Waals surface area (Å²) in [4.78, 5) is 16.2. The lowest BCUT2D eigenvalue weighted by atomic mass is 10.2. The number of hydrogen-bond acceptors (Lipinski definition) is 7. The highest BCUT2D eigenvalue weighted by atomic mass is 35.5. The quantitative estimate of drug-likeness (QED) is 0.744. The molecular weight excluding hydrogens is 349 g/mol. The molecular formula is C16H13ClFN5O2. The Morgan fingerprint density at radius 2 is 1.84 bits per heavy atom. The first kappa shape index (κ1) is 16.8. The second kappa shape index (κ2) is 7.27. The van der Waals surface area contributed by atoms with Crippen LogP contribution in [-0.2, 0) is 0 Å². The summed E-state index contributed by atoms with van der Waals surface area (Å²) >= 11 is 6.24. The molecule has 7 nitrogen and oxygen atoms in total. The van der Waals surface area contributed by atoms with Crippen LogP contribution in [0.25, 0.3) is 11.3 Å². The topological polar surface area (TPSA) is 82.0 Å². The van der Waals surface area contributed by atoms with Gasteiger partial charge in [0.1, 0.15) is 34.9 Å². The van der Waals surface area contributed by atoms with Gasteiger partial charge in [0.2, 0.25) is 0 Å². The highest BCUT2D eigenvalue weighted by molar-refractivity contribution is 6.35. The van der Waals surface area contributed by atoms with E-state index in [1.165, 1.54) is 32.9 Å². The van der Waals surface area contributed by atoms with Gasteiger partial charge in [-0.2, -0.15) is 0 Å². The molecule has 0 bridgehead atoms. The van der Waals surface area contributed by atoms with Crippen LogP contribution in [0.3, 0.4) is 0 Å². The molecule has 3 rings (SSSR count). The Balaban J connectivity index is 2.10. The zero-order chi connectivity index (χ0) is 17.8. The van der Waals surface area contributed by atoms with Crippen molar-refractivity contribution in [3.63, 3.8) is 0 Å². The van der Waals surface area contributed by atoms with Gasteiger partial charge in [-0.25, -0.2) is 24.3 Å². The monoisotopic (exact) mass is 361 g/mol. The molecule has 0 saturated carbocycles. The van der Waals surface area contributed by atoms with Crippen molar-refractivity contribution in [2.45, 2.75) is 0 Å². The van der Waals surface area contributed by atoms with E-state index >= 15 is 0 Å². The molecule has 3 aromatic rings. The van der Waals surface area contributed by atoms with E-state index in [2.05, 4.69) is 25.3 Å². The van der Waals surface area contributed by atoms with Crippen molar-refractivity contribution in [3.8, 4) is 22.8 Å². The van der Waals surface area contributed by atoms with Gasteiger partial charge in [-0.15, -0.1) is 0 Å². The zero-order valence-corrected chi connectivity index (χ0v) is 14.1. The summed E-state index contributed by atoms with van der Waals surface area (Å²) in [5.74, 6) is -0.0909. The fourth-order valence-corrected chi connectivity index (χ4v) is 2.44. The minimum absolute atomic E-state index is 0.0126. The fraction of sp³-hybridized carbons (Fsp3) is 0.125. The van der Waals surface area contributed by atoms with Gasteiger partial charge in [0, 0.05) is 18.5 Å². The predicted molar refractivity (Wildman–Crippen MR) is 90.9 cm³/mol. The molecule has 0 amide bonds. The van der Waals surface area contributed by atoms with Crippen LogP contribution >= 0.6 is 11.6 Å². The lowest BCUT2D eigenvalue weighted by molar-refractivity contribution is 0.375. The molecule has 1 aromatic carbocycles. The van der Waals surface area contributed by atoms with E-state index in [4.69, 9.17) is 21.1 Å². The highest BCUT2D eigenvalue weighted by Crippen LogP contribution is 2.41. The van der Waals surface area contributed by atoms with Crippen LogP contribution in [0.4, 0.5) is 15.9 Å². The molecule has 0 fully saturated rings.